The Kier molecular flexibility index (Phi) is 64.4. The molecule has 0 aromatic carbocycles. The van der Waals surface area contributed by atoms with Crippen LogP contribution in [0, 0.1) is 0 Å². The molecule has 0 spiro atoms. The number of hydrogen-bond acceptors (Lipinski definition) is 6. The van der Waals surface area contributed by atoms with Crippen molar-refractivity contribution in [2.45, 2.75) is 290 Å². The van der Waals surface area contributed by atoms with Crippen LogP contribution in [0.3, 0.4) is 0 Å². The van der Waals surface area contributed by atoms with E-state index < -0.39 is 12.1 Å². The zero-order chi connectivity index (χ0) is 59.2. The van der Waals surface area contributed by atoms with Gasteiger partial charge in [0, 0.05) is 19.3 Å². The largest absolute Gasteiger partial charge is 0.462 e. The first kappa shape index (κ1) is 77.0. The van der Waals surface area contributed by atoms with E-state index in [1.54, 1.807) is 0 Å². The van der Waals surface area contributed by atoms with Gasteiger partial charge in [0.1, 0.15) is 13.2 Å². The molecule has 0 aromatic rings. The summed E-state index contributed by atoms with van der Waals surface area (Å²) in [5, 5.41) is 0. The second kappa shape index (κ2) is 68.5. The highest BCUT2D eigenvalue weighted by Crippen LogP contribution is 2.16. The van der Waals surface area contributed by atoms with Gasteiger partial charge in [-0.1, -0.05) is 307 Å². The maximum absolute atomic E-state index is 12.9. The monoisotopic (exact) mass is 1130 g/mol. The molecule has 0 N–H and O–H groups in total. The zero-order valence-electron chi connectivity index (χ0n) is 52.9. The number of unbranched alkanes of at least 4 members (excludes halogenated alkanes) is 22. The minimum atomic E-state index is -0.831. The van der Waals surface area contributed by atoms with Gasteiger partial charge in [-0.3, -0.25) is 14.4 Å². The molecule has 0 saturated carbocycles. The van der Waals surface area contributed by atoms with Gasteiger partial charge in [0.05, 0.1) is 0 Å². The van der Waals surface area contributed by atoms with Crippen LogP contribution in [0.4, 0.5) is 0 Å². The fraction of sp³-hybridized carbons (Fsp3) is 0.618. The average molecular weight is 1130 g/mol. The third kappa shape index (κ3) is 65.8. The molecule has 0 amide bonds. The van der Waals surface area contributed by atoms with Crippen LogP contribution >= 0.6 is 0 Å². The van der Waals surface area contributed by atoms with Crippen molar-refractivity contribution in [3.05, 3.63) is 158 Å². The molecule has 6 heteroatoms. The third-order valence-corrected chi connectivity index (χ3v) is 13.8. The Labute approximate surface area is 505 Å². The van der Waals surface area contributed by atoms with Crippen molar-refractivity contribution in [3.63, 3.8) is 0 Å². The highest BCUT2D eigenvalue weighted by Gasteiger charge is 2.19. The van der Waals surface area contributed by atoms with E-state index in [1.165, 1.54) is 109 Å². The van der Waals surface area contributed by atoms with E-state index in [0.717, 1.165) is 128 Å². The Hall–Kier alpha value is -4.97. The molecule has 0 saturated heterocycles. The second-order valence-corrected chi connectivity index (χ2v) is 21.6. The summed E-state index contributed by atoms with van der Waals surface area (Å²) in [6, 6.07) is 0. The minimum Gasteiger partial charge on any atom is -0.462 e. The molecule has 0 radical (unpaired) electrons. The summed E-state index contributed by atoms with van der Waals surface area (Å²) in [6.45, 7) is 6.35. The topological polar surface area (TPSA) is 78.9 Å². The van der Waals surface area contributed by atoms with Crippen LogP contribution < -0.4 is 0 Å². The number of rotatable bonds is 59. The summed E-state index contributed by atoms with van der Waals surface area (Å²) in [4.78, 5) is 38.4. The molecular weight excluding hydrogens is 1010 g/mol. The molecule has 0 aromatic heterocycles. The smallest absolute Gasteiger partial charge is 0.306 e. The highest BCUT2D eigenvalue weighted by atomic mass is 16.6. The fourth-order valence-corrected chi connectivity index (χ4v) is 8.86. The van der Waals surface area contributed by atoms with Gasteiger partial charge in [-0.05, 0) is 116 Å². The van der Waals surface area contributed by atoms with Crippen molar-refractivity contribution in [3.8, 4) is 0 Å². The lowest BCUT2D eigenvalue weighted by atomic mass is 10.0. The molecule has 0 rings (SSSR count). The van der Waals surface area contributed by atoms with Gasteiger partial charge < -0.3 is 14.2 Å². The summed E-state index contributed by atoms with van der Waals surface area (Å²) in [5.41, 5.74) is 0. The number of carbonyl (C=O) groups excluding carboxylic acids is 3. The first-order chi connectivity index (χ1) is 40.5. The Bertz CT molecular complexity index is 1830. The molecule has 0 aliphatic carbocycles. The summed E-state index contributed by atoms with van der Waals surface area (Å²) in [6.07, 6.45) is 99.8. The molecule has 82 heavy (non-hydrogen) atoms. The van der Waals surface area contributed by atoms with Gasteiger partial charge in [-0.25, -0.2) is 0 Å². The van der Waals surface area contributed by atoms with Crippen LogP contribution in [0.5, 0.6) is 0 Å². The lowest BCUT2D eigenvalue weighted by molar-refractivity contribution is -0.166. The lowest BCUT2D eigenvalue weighted by Crippen LogP contribution is -2.30. The van der Waals surface area contributed by atoms with Crippen LogP contribution in [0.25, 0.3) is 0 Å². The number of carbonyl (C=O) groups is 3. The Morgan fingerprint density at radius 2 is 0.500 bits per heavy atom. The predicted octanol–water partition coefficient (Wildman–Crippen LogP) is 23.3. The number of esters is 3. The second-order valence-electron chi connectivity index (χ2n) is 21.6. The number of hydrogen-bond donors (Lipinski definition) is 0. The van der Waals surface area contributed by atoms with Crippen molar-refractivity contribution in [2.75, 3.05) is 13.2 Å². The van der Waals surface area contributed by atoms with Crippen LogP contribution in [-0.4, -0.2) is 37.2 Å². The Morgan fingerprint density at radius 1 is 0.256 bits per heavy atom. The third-order valence-electron chi connectivity index (χ3n) is 13.8. The maximum Gasteiger partial charge on any atom is 0.306 e. The lowest BCUT2D eigenvalue weighted by Gasteiger charge is -2.18. The van der Waals surface area contributed by atoms with Crippen LogP contribution in [0.15, 0.2) is 158 Å². The van der Waals surface area contributed by atoms with E-state index in [2.05, 4.69) is 173 Å². The molecule has 0 bridgehead atoms. The van der Waals surface area contributed by atoms with Gasteiger partial charge in [-0.2, -0.15) is 0 Å². The SMILES string of the molecule is CC/C=C\C/C=C\C/C=C\C/C=C\C/C=C\C/C=C\C/C=C\CCCCCCCCCC(=O)OCC(COC(=O)CCCCCCCCCCCCCCCCCC)OC(=O)CC/C=C\C/C=C\C/C=C\C/C=C\C/C=C\C/C=C\CC. The average Bonchev–Trinajstić information content (AvgIpc) is 3.47. The van der Waals surface area contributed by atoms with Crippen molar-refractivity contribution >= 4 is 17.9 Å². The van der Waals surface area contributed by atoms with Crippen molar-refractivity contribution in [1.29, 1.82) is 0 Å². The summed E-state index contributed by atoms with van der Waals surface area (Å²) < 4.78 is 16.9. The Morgan fingerprint density at radius 3 is 0.793 bits per heavy atom. The molecule has 0 heterocycles. The first-order valence-electron chi connectivity index (χ1n) is 33.5. The molecule has 0 aliphatic heterocycles. The van der Waals surface area contributed by atoms with E-state index in [9.17, 15) is 14.4 Å². The molecule has 0 aliphatic rings. The summed E-state index contributed by atoms with van der Waals surface area (Å²) in [7, 11) is 0. The van der Waals surface area contributed by atoms with Gasteiger partial charge >= 0.3 is 17.9 Å². The normalized spacial score (nSPS) is 13.2. The highest BCUT2D eigenvalue weighted by molar-refractivity contribution is 5.71. The molecule has 462 valence electrons. The van der Waals surface area contributed by atoms with Gasteiger partial charge in [0.25, 0.3) is 0 Å². The van der Waals surface area contributed by atoms with Crippen LogP contribution in [0.2, 0.25) is 0 Å². The van der Waals surface area contributed by atoms with E-state index in [4.69, 9.17) is 14.2 Å². The quantitative estimate of drug-likeness (QED) is 0.0261. The first-order valence-corrected chi connectivity index (χ1v) is 33.5. The van der Waals surface area contributed by atoms with Crippen molar-refractivity contribution in [1.82, 2.24) is 0 Å². The standard InChI is InChI=1S/C76H122O6/c1-4-7-10-13-16-19-22-25-28-31-33-34-35-36-37-38-39-40-41-42-44-45-48-51-54-57-60-63-66-69-75(78)81-72-73(71-80-74(77)68-65-62-59-56-53-50-47-30-27-24-21-18-15-12-9-6-3)82-76(79)70-67-64-61-58-55-52-49-46-43-32-29-26-23-20-17-14-11-8-5-2/h7-8,10-11,16-17,19-20,25-26,28-29,33-34,36-37,39-40,42-44,46,52,55,61,64,73H,4-6,9,12-15,18,21-24,27,30-32,35,38,41,45,47-51,53-54,56-60,62-63,65-72H2,1-3H3/b10-7-,11-8-,19-16-,20-17-,28-25-,29-26-,34-33-,37-36-,40-39-,44-42-,46-43-,55-52-,64-61-. The van der Waals surface area contributed by atoms with Crippen LogP contribution in [0.1, 0.15) is 284 Å². The van der Waals surface area contributed by atoms with Gasteiger partial charge in [0.2, 0.25) is 0 Å². The predicted molar refractivity (Wildman–Crippen MR) is 357 cm³/mol. The summed E-state index contributed by atoms with van der Waals surface area (Å²) in [5.74, 6) is -1.01. The van der Waals surface area contributed by atoms with E-state index in [-0.39, 0.29) is 31.6 Å². The molecule has 1 atom stereocenters. The molecular formula is C76H122O6. The van der Waals surface area contributed by atoms with E-state index >= 15 is 0 Å². The number of allylic oxidation sites excluding steroid dienone is 26. The minimum absolute atomic E-state index is 0.115. The number of ether oxygens (including phenoxy) is 3. The van der Waals surface area contributed by atoms with E-state index in [1.807, 2.05) is 6.08 Å². The zero-order valence-corrected chi connectivity index (χ0v) is 52.9. The van der Waals surface area contributed by atoms with Crippen molar-refractivity contribution < 1.29 is 28.6 Å². The van der Waals surface area contributed by atoms with Crippen molar-refractivity contribution in [2.24, 2.45) is 0 Å². The van der Waals surface area contributed by atoms with Crippen LogP contribution in [-0.2, 0) is 28.6 Å². The van der Waals surface area contributed by atoms with E-state index in [0.29, 0.717) is 19.3 Å². The maximum atomic E-state index is 12.9. The van der Waals surface area contributed by atoms with Gasteiger partial charge in [-0.15, -0.1) is 0 Å². The molecule has 1 unspecified atom stereocenters. The Balaban J connectivity index is 4.47. The summed E-state index contributed by atoms with van der Waals surface area (Å²) >= 11 is 0. The fourth-order valence-electron chi connectivity index (χ4n) is 8.86. The molecule has 0 fully saturated rings. The van der Waals surface area contributed by atoms with Gasteiger partial charge in [0.15, 0.2) is 6.10 Å². The molecule has 6 nitrogen and oxygen atoms in total.